The zero-order valence-electron chi connectivity index (χ0n) is 25.3. The molecule has 214 valence electrons. The molecule has 0 bridgehead atoms. The van der Waals surface area contributed by atoms with E-state index in [1.807, 2.05) is 0 Å². The third-order valence-corrected chi connectivity index (χ3v) is 9.48. The Labute approximate surface area is 269 Å². The Hall–Kier alpha value is -5.98. The predicted molar refractivity (Wildman–Crippen MR) is 196 cm³/mol. The molecule has 46 heavy (non-hydrogen) atoms. The van der Waals surface area contributed by atoms with E-state index in [4.69, 9.17) is 0 Å². The Morgan fingerprint density at radius 1 is 0.196 bits per heavy atom. The molecule has 8 aromatic rings. The molecule has 0 atom stereocenters. The predicted octanol–water partition coefficient (Wildman–Crippen LogP) is 12.8. The highest BCUT2D eigenvalue weighted by atomic mass is 14.3. The van der Waals surface area contributed by atoms with E-state index in [0.717, 1.165) is 0 Å². The Kier molecular flexibility index (Phi) is 6.25. The first-order valence-corrected chi connectivity index (χ1v) is 15.9. The van der Waals surface area contributed by atoms with Crippen LogP contribution in [0.1, 0.15) is 0 Å². The molecule has 0 radical (unpaired) electrons. The maximum Gasteiger partial charge on any atom is -0.00201 e. The second-order valence-corrected chi connectivity index (χ2v) is 12.0. The van der Waals surface area contributed by atoms with Crippen molar-refractivity contribution in [3.63, 3.8) is 0 Å². The van der Waals surface area contributed by atoms with Crippen molar-refractivity contribution in [3.8, 4) is 77.9 Å². The van der Waals surface area contributed by atoms with Crippen LogP contribution in [0.3, 0.4) is 0 Å². The van der Waals surface area contributed by atoms with Gasteiger partial charge in [-0.3, -0.25) is 0 Å². The van der Waals surface area contributed by atoms with Gasteiger partial charge in [-0.1, -0.05) is 176 Å². The highest BCUT2D eigenvalue weighted by Gasteiger charge is 2.22. The van der Waals surface area contributed by atoms with Crippen molar-refractivity contribution in [2.45, 2.75) is 0 Å². The van der Waals surface area contributed by atoms with E-state index in [-0.39, 0.29) is 0 Å². The fourth-order valence-corrected chi connectivity index (χ4v) is 7.33. The summed E-state index contributed by atoms with van der Waals surface area (Å²) in [5, 5.41) is 2.67. The van der Waals surface area contributed by atoms with E-state index in [1.54, 1.807) is 0 Å². The fraction of sp³-hybridized carbons (Fsp3) is 0. The van der Waals surface area contributed by atoms with Gasteiger partial charge in [0.1, 0.15) is 0 Å². The smallest absolute Gasteiger partial charge is 0.00201 e. The van der Waals surface area contributed by atoms with Gasteiger partial charge in [0.05, 0.1) is 0 Å². The normalized spacial score (nSPS) is 11.5. The summed E-state index contributed by atoms with van der Waals surface area (Å²) < 4.78 is 0. The highest BCUT2D eigenvalue weighted by molar-refractivity contribution is 6.18. The minimum Gasteiger partial charge on any atom is -0.0622 e. The van der Waals surface area contributed by atoms with E-state index in [0.29, 0.717) is 0 Å². The van der Waals surface area contributed by atoms with Gasteiger partial charge in [-0.25, -0.2) is 0 Å². The summed E-state index contributed by atoms with van der Waals surface area (Å²) in [7, 11) is 0. The van der Waals surface area contributed by atoms with Crippen LogP contribution in [0, 0.1) is 0 Å². The molecule has 0 aromatic heterocycles. The minimum atomic E-state index is 1.22. The SMILES string of the molecule is c1ccc(-c2ccc(-c3ccccc3-c3ccccc3-c3cccc(-c4ccc5c6c(cccc46)-c4ccccc4-5)c3)cc2)cc1. The second kappa shape index (κ2) is 10.9. The van der Waals surface area contributed by atoms with Crippen LogP contribution in [0.4, 0.5) is 0 Å². The second-order valence-electron chi connectivity index (χ2n) is 12.0. The zero-order chi connectivity index (χ0) is 30.5. The first-order chi connectivity index (χ1) is 22.8. The molecule has 1 aliphatic carbocycles. The average Bonchev–Trinajstić information content (AvgIpc) is 3.47. The third kappa shape index (κ3) is 4.30. The molecular weight excluding hydrogens is 553 g/mol. The number of fused-ring (bicyclic) bond motifs is 3. The Balaban J connectivity index is 1.14. The van der Waals surface area contributed by atoms with Crippen molar-refractivity contribution in [2.75, 3.05) is 0 Å². The molecular formula is C46H30. The molecule has 0 heterocycles. The van der Waals surface area contributed by atoms with Crippen LogP contribution in [0.25, 0.3) is 88.7 Å². The lowest BCUT2D eigenvalue weighted by molar-refractivity contribution is 1.55. The molecule has 0 spiro atoms. The molecule has 9 rings (SSSR count). The Morgan fingerprint density at radius 2 is 0.587 bits per heavy atom. The molecule has 0 saturated heterocycles. The molecule has 0 N–H and O–H groups in total. The van der Waals surface area contributed by atoms with Gasteiger partial charge in [-0.15, -0.1) is 0 Å². The minimum absolute atomic E-state index is 1.22. The molecule has 0 amide bonds. The summed E-state index contributed by atoms with van der Waals surface area (Å²) >= 11 is 0. The molecule has 0 saturated carbocycles. The van der Waals surface area contributed by atoms with Gasteiger partial charge >= 0.3 is 0 Å². The van der Waals surface area contributed by atoms with E-state index in [1.165, 1.54) is 88.7 Å². The van der Waals surface area contributed by atoms with Gasteiger partial charge in [-0.05, 0) is 94.7 Å². The van der Waals surface area contributed by atoms with E-state index in [9.17, 15) is 0 Å². The lowest BCUT2D eigenvalue weighted by Gasteiger charge is -2.16. The number of benzene rings is 8. The highest BCUT2D eigenvalue weighted by Crippen LogP contribution is 2.49. The van der Waals surface area contributed by atoms with Crippen molar-refractivity contribution in [3.05, 3.63) is 182 Å². The Morgan fingerprint density at radius 3 is 1.24 bits per heavy atom. The summed E-state index contributed by atoms with van der Waals surface area (Å²) in [6.45, 7) is 0. The monoisotopic (exact) mass is 582 g/mol. The van der Waals surface area contributed by atoms with Gasteiger partial charge in [0.2, 0.25) is 0 Å². The van der Waals surface area contributed by atoms with E-state index < -0.39 is 0 Å². The van der Waals surface area contributed by atoms with Crippen LogP contribution < -0.4 is 0 Å². The van der Waals surface area contributed by atoms with Crippen LogP contribution >= 0.6 is 0 Å². The van der Waals surface area contributed by atoms with Crippen LogP contribution in [0.5, 0.6) is 0 Å². The molecule has 0 heteroatoms. The molecule has 8 aromatic carbocycles. The molecule has 0 unspecified atom stereocenters. The summed E-state index contributed by atoms with van der Waals surface area (Å²) in [6.07, 6.45) is 0. The summed E-state index contributed by atoms with van der Waals surface area (Å²) in [4.78, 5) is 0. The number of hydrogen-bond donors (Lipinski definition) is 0. The maximum absolute atomic E-state index is 2.36. The lowest BCUT2D eigenvalue weighted by Crippen LogP contribution is -1.90. The van der Waals surface area contributed by atoms with Crippen LogP contribution in [0.15, 0.2) is 182 Å². The topological polar surface area (TPSA) is 0 Å². The molecule has 1 aliphatic rings. The van der Waals surface area contributed by atoms with Crippen LogP contribution in [-0.4, -0.2) is 0 Å². The molecule has 0 fully saturated rings. The first kappa shape index (κ1) is 26.4. The van der Waals surface area contributed by atoms with Gasteiger partial charge in [0, 0.05) is 0 Å². The van der Waals surface area contributed by atoms with Gasteiger partial charge in [0.25, 0.3) is 0 Å². The van der Waals surface area contributed by atoms with Crippen molar-refractivity contribution in [1.82, 2.24) is 0 Å². The van der Waals surface area contributed by atoms with Gasteiger partial charge < -0.3 is 0 Å². The van der Waals surface area contributed by atoms with Crippen LogP contribution in [0.2, 0.25) is 0 Å². The first-order valence-electron chi connectivity index (χ1n) is 15.9. The third-order valence-electron chi connectivity index (χ3n) is 9.48. The summed E-state index contributed by atoms with van der Waals surface area (Å²) in [5.74, 6) is 0. The van der Waals surface area contributed by atoms with Crippen LogP contribution in [-0.2, 0) is 0 Å². The standard InChI is InChI=1S/C46H30/c1-2-12-31(13-3-1)32-24-26-33(27-25-32)36-16-4-6-18-39(36)40-19-7-5-17-37(40)34-14-10-15-35(30-34)38-28-29-45-42-21-9-8-20-41(42)44-23-11-22-43(38)46(44)45/h1-30H. The zero-order valence-corrected chi connectivity index (χ0v) is 25.3. The maximum atomic E-state index is 2.36. The Bertz CT molecular complexity index is 2360. The van der Waals surface area contributed by atoms with E-state index >= 15 is 0 Å². The van der Waals surface area contributed by atoms with Gasteiger partial charge in [-0.2, -0.15) is 0 Å². The fourth-order valence-electron chi connectivity index (χ4n) is 7.33. The van der Waals surface area contributed by atoms with Crippen molar-refractivity contribution >= 4 is 10.8 Å². The van der Waals surface area contributed by atoms with E-state index in [2.05, 4.69) is 182 Å². The quantitative estimate of drug-likeness (QED) is 0.189. The van der Waals surface area contributed by atoms with Crippen molar-refractivity contribution in [2.24, 2.45) is 0 Å². The largest absolute Gasteiger partial charge is 0.0622 e. The lowest BCUT2D eigenvalue weighted by atomic mass is 9.88. The summed E-state index contributed by atoms with van der Waals surface area (Å²) in [5.41, 5.74) is 17.7. The average molecular weight is 583 g/mol. The van der Waals surface area contributed by atoms with Gasteiger partial charge in [0.15, 0.2) is 0 Å². The number of rotatable bonds is 5. The van der Waals surface area contributed by atoms with Crippen molar-refractivity contribution in [1.29, 1.82) is 0 Å². The molecule has 0 nitrogen and oxygen atoms in total. The molecule has 0 aliphatic heterocycles. The summed E-state index contributed by atoms with van der Waals surface area (Å²) in [6, 6.07) is 66.3. The van der Waals surface area contributed by atoms with Crippen molar-refractivity contribution < 1.29 is 0 Å². The number of hydrogen-bond acceptors (Lipinski definition) is 0.